The minimum absolute atomic E-state index is 0.0813. The monoisotopic (exact) mass is 416 g/mol. The maximum atomic E-state index is 13.0. The number of hydrogen-bond acceptors (Lipinski definition) is 5. The number of nitrogens with zero attached hydrogens (tertiary/aromatic N) is 2. The molecule has 0 fully saturated rings. The Morgan fingerprint density at radius 1 is 1.21 bits per heavy atom. The number of aryl methyl sites for hydroxylation is 1. The summed E-state index contributed by atoms with van der Waals surface area (Å²) in [4.78, 5) is 22.0. The van der Waals surface area contributed by atoms with Crippen LogP contribution in [0.4, 0.5) is 5.13 Å². The fourth-order valence-electron chi connectivity index (χ4n) is 2.66. The Morgan fingerprint density at radius 2 is 1.96 bits per heavy atom. The molecule has 0 aliphatic rings. The maximum Gasteiger partial charge on any atom is 0.239 e. The lowest BCUT2D eigenvalue weighted by Gasteiger charge is -2.20. The molecule has 0 saturated carbocycles. The van der Waals surface area contributed by atoms with E-state index in [9.17, 15) is 4.79 Å². The highest BCUT2D eigenvalue weighted by Crippen LogP contribution is 2.32. The van der Waals surface area contributed by atoms with Gasteiger partial charge in [0.15, 0.2) is 5.13 Å². The quantitative estimate of drug-likeness (QED) is 0.574. The first-order chi connectivity index (χ1) is 13.5. The molecule has 28 heavy (non-hydrogen) atoms. The van der Waals surface area contributed by atoms with Crippen molar-refractivity contribution in [2.24, 2.45) is 0 Å². The van der Waals surface area contributed by atoms with E-state index in [2.05, 4.69) is 45.3 Å². The van der Waals surface area contributed by atoms with Gasteiger partial charge in [0.05, 0.1) is 50.3 Å². The molecule has 0 aliphatic heterocycles. The smallest absolute Gasteiger partial charge is 0.239 e. The maximum absolute atomic E-state index is 13.0. The fraction of sp³-hybridized carbons (Fsp3) is 0.333. The van der Waals surface area contributed by atoms with Crippen LogP contribution >= 0.6 is 23.1 Å². The number of hydrogen-bond donors (Lipinski definition) is 1. The first-order valence-corrected chi connectivity index (χ1v) is 11.0. The van der Waals surface area contributed by atoms with Crippen molar-refractivity contribution in [3.05, 3.63) is 48.0 Å². The van der Waals surface area contributed by atoms with Crippen LogP contribution in [0, 0.1) is 6.92 Å². The number of anilines is 1. The number of nitrogens with one attached hydrogen (secondary N) is 1. The number of methoxy groups -OCH3 is 1. The van der Waals surface area contributed by atoms with Gasteiger partial charge in [0.25, 0.3) is 0 Å². The standard InChI is InChI=1S/C21H25N3O2S2/c1-15-5-8-17(9-6-15)27-14-20(25)24(12-11-23(2)3)21-22-18-10-7-16(26-4)13-19(18)28-21/h5-10,13H,11-12,14H2,1-4H3/p+1. The molecule has 0 atom stereocenters. The number of thiazole rings is 1. The molecule has 3 aromatic rings. The van der Waals surface area contributed by atoms with Gasteiger partial charge in [0.1, 0.15) is 5.75 Å². The van der Waals surface area contributed by atoms with Crippen LogP contribution in [-0.4, -0.2) is 50.9 Å². The molecular weight excluding hydrogens is 390 g/mol. The van der Waals surface area contributed by atoms with Crippen LogP contribution in [0.2, 0.25) is 0 Å². The molecule has 148 valence electrons. The second kappa shape index (κ2) is 9.41. The lowest BCUT2D eigenvalue weighted by atomic mass is 10.2. The second-order valence-corrected chi connectivity index (χ2v) is 8.99. The number of benzene rings is 2. The van der Waals surface area contributed by atoms with E-state index in [0.717, 1.165) is 32.5 Å². The number of carbonyl (C=O) groups is 1. The van der Waals surface area contributed by atoms with E-state index in [1.54, 1.807) is 18.9 Å². The van der Waals surface area contributed by atoms with E-state index in [1.165, 1.54) is 21.8 Å². The van der Waals surface area contributed by atoms with Gasteiger partial charge in [0.2, 0.25) is 5.91 Å². The number of thioether (sulfide) groups is 1. The third kappa shape index (κ3) is 5.25. The third-order valence-electron chi connectivity index (χ3n) is 4.33. The molecule has 7 heteroatoms. The SMILES string of the molecule is COc1ccc2nc(N(CC[NH+](C)C)C(=O)CSc3ccc(C)cc3)sc2c1. The van der Waals surface area contributed by atoms with Crippen molar-refractivity contribution < 1.29 is 14.4 Å². The van der Waals surface area contributed by atoms with Crippen LogP contribution < -0.4 is 14.5 Å². The summed E-state index contributed by atoms with van der Waals surface area (Å²) in [7, 11) is 5.83. The molecule has 2 aromatic carbocycles. The molecule has 1 amide bonds. The van der Waals surface area contributed by atoms with Gasteiger partial charge in [-0.3, -0.25) is 9.69 Å². The lowest BCUT2D eigenvalue weighted by Crippen LogP contribution is -3.06. The minimum atomic E-state index is 0.0813. The number of fused-ring (bicyclic) bond motifs is 1. The first kappa shape index (κ1) is 20.6. The molecule has 5 nitrogen and oxygen atoms in total. The number of quaternary nitrogens is 1. The van der Waals surface area contributed by atoms with Crippen LogP contribution in [0.5, 0.6) is 5.75 Å². The van der Waals surface area contributed by atoms with E-state index >= 15 is 0 Å². The number of amides is 1. The minimum Gasteiger partial charge on any atom is -0.497 e. The van der Waals surface area contributed by atoms with Gasteiger partial charge in [-0.1, -0.05) is 29.0 Å². The summed E-state index contributed by atoms with van der Waals surface area (Å²) < 4.78 is 6.33. The summed E-state index contributed by atoms with van der Waals surface area (Å²) in [6.07, 6.45) is 0. The van der Waals surface area contributed by atoms with Gasteiger partial charge in [-0.25, -0.2) is 4.98 Å². The second-order valence-electron chi connectivity index (χ2n) is 6.93. The van der Waals surface area contributed by atoms with Crippen LogP contribution in [0.15, 0.2) is 47.4 Å². The molecule has 0 saturated heterocycles. The van der Waals surface area contributed by atoms with Crippen molar-refractivity contribution in [3.63, 3.8) is 0 Å². The van der Waals surface area contributed by atoms with Gasteiger partial charge in [-0.05, 0) is 37.3 Å². The summed E-state index contributed by atoms with van der Waals surface area (Å²) in [5, 5.41) is 0.749. The zero-order chi connectivity index (χ0) is 20.1. The average Bonchev–Trinajstić information content (AvgIpc) is 3.10. The molecule has 1 aromatic heterocycles. The van der Waals surface area contributed by atoms with Crippen LogP contribution in [0.1, 0.15) is 5.56 Å². The molecule has 3 rings (SSSR count). The largest absolute Gasteiger partial charge is 0.497 e. The highest BCUT2D eigenvalue weighted by atomic mass is 32.2. The molecule has 1 N–H and O–H groups in total. The summed E-state index contributed by atoms with van der Waals surface area (Å²) in [6.45, 7) is 3.57. The van der Waals surface area contributed by atoms with E-state index in [4.69, 9.17) is 9.72 Å². The molecule has 0 spiro atoms. The fourth-order valence-corrected chi connectivity index (χ4v) is 4.47. The van der Waals surface area contributed by atoms with Gasteiger partial charge in [-0.2, -0.15) is 0 Å². The zero-order valence-electron chi connectivity index (χ0n) is 16.7. The van der Waals surface area contributed by atoms with Gasteiger partial charge in [0, 0.05) is 4.90 Å². The molecule has 0 unspecified atom stereocenters. The Hall–Kier alpha value is -2.09. The molecule has 0 radical (unpaired) electrons. The number of likely N-dealkylation sites (N-methyl/N-ethyl adjacent to an activating group) is 1. The van der Waals surface area contributed by atoms with Crippen LogP contribution in [0.3, 0.4) is 0 Å². The summed E-state index contributed by atoms with van der Waals surface area (Å²) in [6, 6.07) is 14.1. The Labute approximate surface area is 174 Å². The summed E-state index contributed by atoms with van der Waals surface area (Å²) in [5.74, 6) is 1.27. The first-order valence-electron chi connectivity index (χ1n) is 9.19. The van der Waals surface area contributed by atoms with E-state index in [0.29, 0.717) is 12.3 Å². The van der Waals surface area contributed by atoms with Crippen molar-refractivity contribution in [2.75, 3.05) is 44.9 Å². The third-order valence-corrected chi connectivity index (χ3v) is 6.37. The van der Waals surface area contributed by atoms with Crippen molar-refractivity contribution in [1.82, 2.24) is 4.98 Å². The zero-order valence-corrected chi connectivity index (χ0v) is 18.3. The van der Waals surface area contributed by atoms with E-state index in [-0.39, 0.29) is 5.91 Å². The van der Waals surface area contributed by atoms with Crippen molar-refractivity contribution in [3.8, 4) is 5.75 Å². The van der Waals surface area contributed by atoms with Crippen molar-refractivity contribution >= 4 is 44.4 Å². The van der Waals surface area contributed by atoms with E-state index in [1.807, 2.05) is 23.1 Å². The number of aromatic nitrogens is 1. The van der Waals surface area contributed by atoms with Crippen molar-refractivity contribution in [2.45, 2.75) is 11.8 Å². The molecule has 0 bridgehead atoms. The predicted molar refractivity (Wildman–Crippen MR) is 118 cm³/mol. The highest BCUT2D eigenvalue weighted by Gasteiger charge is 2.21. The Bertz CT molecular complexity index is 938. The molecular formula is C21H26N3O2S2+. The number of rotatable bonds is 8. The van der Waals surface area contributed by atoms with Crippen LogP contribution in [-0.2, 0) is 4.79 Å². The summed E-state index contributed by atoms with van der Waals surface area (Å²) in [5.41, 5.74) is 2.11. The average molecular weight is 417 g/mol. The normalized spacial score (nSPS) is 11.2. The molecule has 1 heterocycles. The van der Waals surface area contributed by atoms with E-state index < -0.39 is 0 Å². The van der Waals surface area contributed by atoms with Gasteiger partial charge >= 0.3 is 0 Å². The Morgan fingerprint density at radius 3 is 2.64 bits per heavy atom. The number of ether oxygens (including phenoxy) is 1. The predicted octanol–water partition coefficient (Wildman–Crippen LogP) is 2.88. The Balaban J connectivity index is 1.79. The van der Waals surface area contributed by atoms with Crippen molar-refractivity contribution in [1.29, 1.82) is 0 Å². The van der Waals surface area contributed by atoms with Crippen LogP contribution in [0.25, 0.3) is 10.2 Å². The number of carbonyl (C=O) groups excluding carboxylic acids is 1. The summed E-state index contributed by atoms with van der Waals surface area (Å²) >= 11 is 3.10. The van der Waals surface area contributed by atoms with Gasteiger partial charge < -0.3 is 9.64 Å². The Kier molecular flexibility index (Phi) is 6.93. The lowest BCUT2D eigenvalue weighted by molar-refractivity contribution is -0.856. The van der Waals surface area contributed by atoms with Gasteiger partial charge in [-0.15, -0.1) is 11.8 Å². The molecule has 0 aliphatic carbocycles. The highest BCUT2D eigenvalue weighted by molar-refractivity contribution is 8.00. The topological polar surface area (TPSA) is 46.9 Å².